The lowest BCUT2D eigenvalue weighted by atomic mass is 10.1. The normalized spacial score (nSPS) is 11.6. The predicted molar refractivity (Wildman–Crippen MR) is 80.0 cm³/mol. The summed E-state index contributed by atoms with van der Waals surface area (Å²) >= 11 is 0. The summed E-state index contributed by atoms with van der Waals surface area (Å²) in [6, 6.07) is 8.57. The molecule has 0 unspecified atom stereocenters. The van der Waals surface area contributed by atoms with Crippen LogP contribution in [0.15, 0.2) is 43.0 Å². The standard InChI is InChI=1S/C16H21NO4/c1-2-3-12-21-16(20)14(15(18)19)17-11-7-10-13-8-5-4-6-9-13/h2,4-6,8-9,14,17H,1,3,7,10-12H2,(H,18,19)/t14-/m1/s1. The molecule has 0 saturated carbocycles. The Bertz CT molecular complexity index is 459. The summed E-state index contributed by atoms with van der Waals surface area (Å²) in [5.41, 5.74) is 1.18. The van der Waals surface area contributed by atoms with Crippen LogP contribution in [0.3, 0.4) is 0 Å². The van der Waals surface area contributed by atoms with Crippen molar-refractivity contribution in [3.05, 3.63) is 48.6 Å². The first-order chi connectivity index (χ1) is 10.1. The number of ether oxygens (including phenoxy) is 1. The Balaban J connectivity index is 2.32. The number of hydrogen-bond acceptors (Lipinski definition) is 4. The van der Waals surface area contributed by atoms with Crippen molar-refractivity contribution in [3.8, 4) is 0 Å². The predicted octanol–water partition coefficient (Wildman–Crippen LogP) is 1.78. The SMILES string of the molecule is C=CCCOC(=O)[C@H](NCCCc1ccccc1)C(=O)O. The molecule has 0 fully saturated rings. The molecule has 2 N–H and O–H groups in total. The number of hydrogen-bond donors (Lipinski definition) is 2. The molecular formula is C16H21NO4. The lowest BCUT2D eigenvalue weighted by molar-refractivity contribution is -0.155. The van der Waals surface area contributed by atoms with E-state index in [1.165, 1.54) is 5.56 Å². The number of benzene rings is 1. The van der Waals surface area contributed by atoms with E-state index in [4.69, 9.17) is 9.84 Å². The zero-order valence-corrected chi connectivity index (χ0v) is 12.0. The van der Waals surface area contributed by atoms with Crippen molar-refractivity contribution in [1.82, 2.24) is 5.32 Å². The molecule has 0 aliphatic heterocycles. The number of rotatable bonds is 10. The molecule has 1 aromatic rings. The number of esters is 1. The molecule has 1 aromatic carbocycles. The van der Waals surface area contributed by atoms with Crippen LogP contribution in [-0.4, -0.2) is 36.2 Å². The second-order valence-electron chi connectivity index (χ2n) is 4.56. The van der Waals surface area contributed by atoms with Crippen molar-refractivity contribution in [2.24, 2.45) is 0 Å². The maximum absolute atomic E-state index is 11.6. The van der Waals surface area contributed by atoms with Gasteiger partial charge in [-0.25, -0.2) is 9.59 Å². The van der Waals surface area contributed by atoms with Gasteiger partial charge in [-0.3, -0.25) is 5.32 Å². The first-order valence-corrected chi connectivity index (χ1v) is 6.92. The van der Waals surface area contributed by atoms with Gasteiger partial charge < -0.3 is 9.84 Å². The molecule has 5 nitrogen and oxygen atoms in total. The number of nitrogens with one attached hydrogen (secondary N) is 1. The van der Waals surface area contributed by atoms with Crippen LogP contribution < -0.4 is 5.32 Å². The van der Waals surface area contributed by atoms with Gasteiger partial charge in [-0.1, -0.05) is 36.4 Å². The topological polar surface area (TPSA) is 75.6 Å². The van der Waals surface area contributed by atoms with Gasteiger partial charge in [0.1, 0.15) is 0 Å². The molecule has 0 spiro atoms. The van der Waals surface area contributed by atoms with Crippen LogP contribution in [0.4, 0.5) is 0 Å². The highest BCUT2D eigenvalue weighted by Crippen LogP contribution is 2.02. The molecule has 0 saturated heterocycles. The Labute approximate surface area is 124 Å². The number of carboxylic acids is 1. The second kappa shape index (κ2) is 9.72. The molecule has 0 aliphatic rings. The number of carbonyl (C=O) groups is 2. The maximum Gasteiger partial charge on any atom is 0.334 e. The highest BCUT2D eigenvalue weighted by Gasteiger charge is 2.26. The maximum atomic E-state index is 11.6. The Morgan fingerprint density at radius 2 is 2.05 bits per heavy atom. The number of carbonyl (C=O) groups excluding carboxylic acids is 1. The smallest absolute Gasteiger partial charge is 0.334 e. The van der Waals surface area contributed by atoms with Crippen LogP contribution >= 0.6 is 0 Å². The fourth-order valence-electron chi connectivity index (χ4n) is 1.78. The van der Waals surface area contributed by atoms with Gasteiger partial charge in [-0.15, -0.1) is 6.58 Å². The van der Waals surface area contributed by atoms with Crippen molar-refractivity contribution in [1.29, 1.82) is 0 Å². The summed E-state index contributed by atoms with van der Waals surface area (Å²) in [7, 11) is 0. The van der Waals surface area contributed by atoms with E-state index >= 15 is 0 Å². The lowest BCUT2D eigenvalue weighted by Crippen LogP contribution is -2.45. The molecule has 5 heteroatoms. The highest BCUT2D eigenvalue weighted by molar-refractivity contribution is 5.98. The van der Waals surface area contributed by atoms with E-state index in [1.54, 1.807) is 6.08 Å². The summed E-state index contributed by atoms with van der Waals surface area (Å²) in [5.74, 6) is -1.98. The monoisotopic (exact) mass is 291 g/mol. The van der Waals surface area contributed by atoms with Crippen molar-refractivity contribution in [2.75, 3.05) is 13.2 Å². The molecule has 0 aliphatic carbocycles. The van der Waals surface area contributed by atoms with Gasteiger partial charge in [0.05, 0.1) is 6.61 Å². The Hall–Kier alpha value is -2.14. The summed E-state index contributed by atoms with van der Waals surface area (Å²) in [5, 5.41) is 11.7. The van der Waals surface area contributed by atoms with E-state index < -0.39 is 18.0 Å². The number of aliphatic carboxylic acids is 1. The zero-order valence-electron chi connectivity index (χ0n) is 12.0. The van der Waals surface area contributed by atoms with Crippen LogP contribution in [-0.2, 0) is 20.7 Å². The molecule has 0 amide bonds. The Morgan fingerprint density at radius 3 is 2.67 bits per heavy atom. The Morgan fingerprint density at radius 1 is 1.33 bits per heavy atom. The average molecular weight is 291 g/mol. The van der Waals surface area contributed by atoms with Crippen LogP contribution in [0, 0.1) is 0 Å². The zero-order chi connectivity index (χ0) is 15.5. The Kier molecular flexibility index (Phi) is 7.82. The highest BCUT2D eigenvalue weighted by atomic mass is 16.5. The van der Waals surface area contributed by atoms with E-state index in [1.807, 2.05) is 30.3 Å². The van der Waals surface area contributed by atoms with E-state index in [-0.39, 0.29) is 6.61 Å². The molecule has 1 atom stereocenters. The minimum Gasteiger partial charge on any atom is -0.480 e. The van der Waals surface area contributed by atoms with Crippen molar-refractivity contribution in [2.45, 2.75) is 25.3 Å². The van der Waals surface area contributed by atoms with Gasteiger partial charge in [0, 0.05) is 0 Å². The first-order valence-electron chi connectivity index (χ1n) is 6.92. The molecule has 0 radical (unpaired) electrons. The average Bonchev–Trinajstić information content (AvgIpc) is 2.48. The molecular weight excluding hydrogens is 270 g/mol. The van der Waals surface area contributed by atoms with E-state index in [9.17, 15) is 9.59 Å². The molecule has 0 aromatic heterocycles. The van der Waals surface area contributed by atoms with Crippen molar-refractivity contribution >= 4 is 11.9 Å². The minimum absolute atomic E-state index is 0.151. The minimum atomic E-state index is -1.31. The van der Waals surface area contributed by atoms with Gasteiger partial charge in [0.25, 0.3) is 0 Å². The third-order valence-electron chi connectivity index (χ3n) is 2.88. The lowest BCUT2D eigenvalue weighted by Gasteiger charge is -2.13. The fraction of sp³-hybridized carbons (Fsp3) is 0.375. The van der Waals surface area contributed by atoms with E-state index in [0.717, 1.165) is 12.8 Å². The third-order valence-corrected chi connectivity index (χ3v) is 2.88. The first kappa shape index (κ1) is 16.9. The van der Waals surface area contributed by atoms with Gasteiger partial charge in [-0.2, -0.15) is 0 Å². The largest absolute Gasteiger partial charge is 0.480 e. The number of aryl methyl sites for hydroxylation is 1. The fourth-order valence-corrected chi connectivity index (χ4v) is 1.78. The molecule has 0 bridgehead atoms. The third kappa shape index (κ3) is 6.72. The van der Waals surface area contributed by atoms with Gasteiger partial charge >= 0.3 is 11.9 Å². The van der Waals surface area contributed by atoms with Crippen LogP contribution in [0.5, 0.6) is 0 Å². The van der Waals surface area contributed by atoms with Crippen LogP contribution in [0.25, 0.3) is 0 Å². The van der Waals surface area contributed by atoms with E-state index in [0.29, 0.717) is 13.0 Å². The van der Waals surface area contributed by atoms with Gasteiger partial charge in [0.2, 0.25) is 6.04 Å². The van der Waals surface area contributed by atoms with Gasteiger partial charge in [-0.05, 0) is 31.4 Å². The number of carboxylic acid groups (broad SMARTS) is 1. The molecule has 0 heterocycles. The summed E-state index contributed by atoms with van der Waals surface area (Å²) in [6.45, 7) is 4.09. The quantitative estimate of drug-likeness (QED) is 0.297. The summed E-state index contributed by atoms with van der Waals surface area (Å²) < 4.78 is 4.87. The van der Waals surface area contributed by atoms with E-state index in [2.05, 4.69) is 11.9 Å². The molecule has 1 rings (SSSR count). The van der Waals surface area contributed by atoms with Crippen molar-refractivity contribution in [3.63, 3.8) is 0 Å². The van der Waals surface area contributed by atoms with Gasteiger partial charge in [0.15, 0.2) is 0 Å². The summed E-state index contributed by atoms with van der Waals surface area (Å²) in [6.07, 6.45) is 3.68. The second-order valence-corrected chi connectivity index (χ2v) is 4.56. The molecule has 114 valence electrons. The van der Waals surface area contributed by atoms with Crippen LogP contribution in [0.1, 0.15) is 18.4 Å². The van der Waals surface area contributed by atoms with Crippen molar-refractivity contribution < 1.29 is 19.4 Å². The summed E-state index contributed by atoms with van der Waals surface area (Å²) in [4.78, 5) is 22.7. The molecule has 21 heavy (non-hydrogen) atoms. The van der Waals surface area contributed by atoms with Crippen LogP contribution in [0.2, 0.25) is 0 Å².